The normalized spacial score (nSPS) is 11.8. The molecule has 0 unspecified atom stereocenters. The Kier molecular flexibility index (Phi) is 4.22. The van der Waals surface area contributed by atoms with Gasteiger partial charge >= 0.3 is 0 Å². The quantitative estimate of drug-likeness (QED) is 0.750. The molecule has 0 bridgehead atoms. The van der Waals surface area contributed by atoms with Gasteiger partial charge in [-0.05, 0) is 44.0 Å². The van der Waals surface area contributed by atoms with Gasteiger partial charge in [0.15, 0.2) is 0 Å². The van der Waals surface area contributed by atoms with Crippen molar-refractivity contribution in [1.82, 2.24) is 14.6 Å². The van der Waals surface area contributed by atoms with Gasteiger partial charge in [0, 0.05) is 0 Å². The van der Waals surface area contributed by atoms with Crippen molar-refractivity contribution in [1.29, 1.82) is 0 Å². The standard InChI is InChI=1S/C15H18N4O3S2/c1-5-12-14(19-15(16-12)23-10(3)17-19)24(20,21)18-13-7-6-11(22-4)8-9(13)2/h6-8,18H,5H2,1-4H3. The topological polar surface area (TPSA) is 85.6 Å². The molecule has 0 fully saturated rings. The van der Waals surface area contributed by atoms with Crippen molar-refractivity contribution in [3.8, 4) is 5.75 Å². The highest BCUT2D eigenvalue weighted by atomic mass is 32.2. The van der Waals surface area contributed by atoms with Gasteiger partial charge in [-0.25, -0.2) is 4.98 Å². The number of nitrogens with one attached hydrogen (secondary N) is 1. The minimum absolute atomic E-state index is 0.0968. The minimum atomic E-state index is -3.81. The Labute approximate surface area is 144 Å². The summed E-state index contributed by atoms with van der Waals surface area (Å²) in [6.45, 7) is 5.51. The molecule has 0 amide bonds. The first-order chi connectivity index (χ1) is 11.4. The molecule has 0 saturated carbocycles. The number of hydrogen-bond donors (Lipinski definition) is 1. The van der Waals surface area contributed by atoms with Crippen molar-refractivity contribution in [2.45, 2.75) is 32.2 Å². The van der Waals surface area contributed by atoms with E-state index in [-0.39, 0.29) is 5.03 Å². The smallest absolute Gasteiger partial charge is 0.281 e. The molecule has 128 valence electrons. The van der Waals surface area contributed by atoms with Crippen molar-refractivity contribution in [2.24, 2.45) is 0 Å². The lowest BCUT2D eigenvalue weighted by molar-refractivity contribution is 0.414. The van der Waals surface area contributed by atoms with Gasteiger partial charge in [-0.3, -0.25) is 4.72 Å². The molecule has 3 rings (SSSR count). The van der Waals surface area contributed by atoms with Crippen LogP contribution in [-0.4, -0.2) is 30.1 Å². The monoisotopic (exact) mass is 366 g/mol. The fourth-order valence-electron chi connectivity index (χ4n) is 2.44. The summed E-state index contributed by atoms with van der Waals surface area (Å²) >= 11 is 1.36. The number of aromatic nitrogens is 3. The SMILES string of the molecule is CCc1nc2sc(C)nn2c1S(=O)(=O)Nc1ccc(OC)cc1C. The molecule has 3 aromatic rings. The van der Waals surface area contributed by atoms with Crippen molar-refractivity contribution in [3.63, 3.8) is 0 Å². The second-order valence-corrected chi connectivity index (χ2v) is 8.08. The molecule has 9 heteroatoms. The number of imidazole rings is 1. The summed E-state index contributed by atoms with van der Waals surface area (Å²) in [4.78, 5) is 4.97. The highest BCUT2D eigenvalue weighted by Gasteiger charge is 2.27. The predicted molar refractivity (Wildman–Crippen MR) is 93.5 cm³/mol. The predicted octanol–water partition coefficient (Wildman–Crippen LogP) is 2.78. The molecule has 0 saturated heterocycles. The third-order valence-electron chi connectivity index (χ3n) is 3.60. The molecule has 0 aliphatic heterocycles. The second kappa shape index (κ2) is 6.06. The molecule has 0 aliphatic rings. The number of ether oxygens (including phenoxy) is 1. The maximum Gasteiger partial charge on any atom is 0.281 e. The number of sulfonamides is 1. The zero-order chi connectivity index (χ0) is 17.5. The molecular formula is C15H18N4O3S2. The Bertz CT molecular complexity index is 1010. The molecule has 2 heterocycles. The molecule has 2 aromatic heterocycles. The maximum absolute atomic E-state index is 12.9. The Morgan fingerprint density at radius 1 is 1.33 bits per heavy atom. The van der Waals surface area contributed by atoms with E-state index in [1.807, 2.05) is 20.8 Å². The number of rotatable bonds is 5. The number of hydrogen-bond acceptors (Lipinski definition) is 6. The minimum Gasteiger partial charge on any atom is -0.497 e. The van der Waals surface area contributed by atoms with E-state index in [2.05, 4.69) is 14.8 Å². The van der Waals surface area contributed by atoms with E-state index in [0.717, 1.165) is 10.6 Å². The Balaban J connectivity index is 2.08. The van der Waals surface area contributed by atoms with Crippen LogP contribution in [0.25, 0.3) is 4.96 Å². The van der Waals surface area contributed by atoms with Gasteiger partial charge in [0.2, 0.25) is 9.99 Å². The van der Waals surface area contributed by atoms with Crippen molar-refractivity contribution < 1.29 is 13.2 Å². The summed E-state index contributed by atoms with van der Waals surface area (Å²) in [6, 6.07) is 5.17. The van der Waals surface area contributed by atoms with E-state index in [9.17, 15) is 8.42 Å². The van der Waals surface area contributed by atoms with Crippen LogP contribution in [0.1, 0.15) is 23.2 Å². The highest BCUT2D eigenvalue weighted by Crippen LogP contribution is 2.27. The lowest BCUT2D eigenvalue weighted by Gasteiger charge is -2.11. The Morgan fingerprint density at radius 3 is 2.71 bits per heavy atom. The summed E-state index contributed by atoms with van der Waals surface area (Å²) in [5.74, 6) is 0.673. The molecule has 7 nitrogen and oxygen atoms in total. The second-order valence-electron chi connectivity index (χ2n) is 5.32. The lowest BCUT2D eigenvalue weighted by atomic mass is 10.2. The van der Waals surface area contributed by atoms with Crippen LogP contribution in [-0.2, 0) is 16.4 Å². The van der Waals surface area contributed by atoms with E-state index >= 15 is 0 Å². The van der Waals surface area contributed by atoms with E-state index in [1.54, 1.807) is 25.3 Å². The maximum atomic E-state index is 12.9. The third-order valence-corrected chi connectivity index (χ3v) is 5.83. The Hall–Kier alpha value is -2.13. The largest absolute Gasteiger partial charge is 0.497 e. The number of nitrogens with zero attached hydrogens (tertiary/aromatic N) is 3. The van der Waals surface area contributed by atoms with E-state index < -0.39 is 10.0 Å². The average molecular weight is 366 g/mol. The lowest BCUT2D eigenvalue weighted by Crippen LogP contribution is -2.18. The summed E-state index contributed by atoms with van der Waals surface area (Å²) < 4.78 is 35.1. The van der Waals surface area contributed by atoms with Gasteiger partial charge in [-0.2, -0.15) is 18.0 Å². The van der Waals surface area contributed by atoms with Crippen LogP contribution in [0, 0.1) is 13.8 Å². The third kappa shape index (κ3) is 2.84. The van der Waals surface area contributed by atoms with Crippen LogP contribution in [0.2, 0.25) is 0 Å². The average Bonchev–Trinajstić information content (AvgIpc) is 3.04. The first kappa shape index (κ1) is 16.7. The zero-order valence-electron chi connectivity index (χ0n) is 13.8. The van der Waals surface area contributed by atoms with Crippen molar-refractivity contribution >= 4 is 32.0 Å². The van der Waals surface area contributed by atoms with Crippen molar-refractivity contribution in [2.75, 3.05) is 11.8 Å². The van der Waals surface area contributed by atoms with Crippen LogP contribution in [0.15, 0.2) is 23.2 Å². The first-order valence-corrected chi connectivity index (χ1v) is 9.68. The summed E-state index contributed by atoms with van der Waals surface area (Å²) in [6.07, 6.45) is 0.507. The number of aryl methyl sites for hydroxylation is 3. The van der Waals surface area contributed by atoms with Gasteiger partial charge in [-0.15, -0.1) is 0 Å². The number of anilines is 1. The fraction of sp³-hybridized carbons (Fsp3) is 0.333. The molecule has 0 atom stereocenters. The molecule has 0 radical (unpaired) electrons. The Morgan fingerprint density at radius 2 is 2.08 bits per heavy atom. The summed E-state index contributed by atoms with van der Waals surface area (Å²) in [7, 11) is -2.25. The molecule has 24 heavy (non-hydrogen) atoms. The summed E-state index contributed by atoms with van der Waals surface area (Å²) in [5.41, 5.74) is 1.78. The summed E-state index contributed by atoms with van der Waals surface area (Å²) in [5, 5.41) is 5.13. The highest BCUT2D eigenvalue weighted by molar-refractivity contribution is 7.92. The molecule has 0 spiro atoms. The molecule has 0 aliphatic carbocycles. The van der Waals surface area contributed by atoms with Crippen LogP contribution in [0.5, 0.6) is 5.75 Å². The van der Waals surface area contributed by atoms with Gasteiger partial charge < -0.3 is 4.74 Å². The van der Waals surface area contributed by atoms with E-state index in [0.29, 0.717) is 28.5 Å². The molecule has 1 N–H and O–H groups in total. The van der Waals surface area contributed by atoms with Gasteiger partial charge in [-0.1, -0.05) is 18.3 Å². The first-order valence-electron chi connectivity index (χ1n) is 7.38. The van der Waals surface area contributed by atoms with Crippen molar-refractivity contribution in [3.05, 3.63) is 34.5 Å². The van der Waals surface area contributed by atoms with Crippen LogP contribution < -0.4 is 9.46 Å². The number of methoxy groups -OCH3 is 1. The van der Waals surface area contributed by atoms with E-state index in [4.69, 9.17) is 4.74 Å². The molecular weight excluding hydrogens is 348 g/mol. The number of benzene rings is 1. The van der Waals surface area contributed by atoms with Gasteiger partial charge in [0.25, 0.3) is 10.0 Å². The van der Waals surface area contributed by atoms with Crippen LogP contribution in [0.4, 0.5) is 5.69 Å². The van der Waals surface area contributed by atoms with Crippen LogP contribution >= 0.6 is 11.3 Å². The fourth-order valence-corrected chi connectivity index (χ4v) is 4.73. The van der Waals surface area contributed by atoms with Gasteiger partial charge in [0.1, 0.15) is 10.8 Å². The van der Waals surface area contributed by atoms with Gasteiger partial charge in [0.05, 0.1) is 18.5 Å². The molecule has 1 aromatic carbocycles. The van der Waals surface area contributed by atoms with Crippen LogP contribution in [0.3, 0.4) is 0 Å². The van der Waals surface area contributed by atoms with E-state index in [1.165, 1.54) is 15.9 Å². The number of fused-ring (bicyclic) bond motifs is 1. The zero-order valence-corrected chi connectivity index (χ0v) is 15.5.